The fraction of sp³-hybridized carbons (Fsp3) is 1.00. The van der Waals surface area contributed by atoms with Crippen molar-refractivity contribution in [1.29, 1.82) is 0 Å². The van der Waals surface area contributed by atoms with Crippen LogP contribution in [0, 0.1) is 0 Å². The van der Waals surface area contributed by atoms with Gasteiger partial charge in [-0.25, -0.2) is 0 Å². The summed E-state index contributed by atoms with van der Waals surface area (Å²) < 4.78 is 0. The van der Waals surface area contributed by atoms with Crippen LogP contribution < -0.4 is 0 Å². The molecule has 0 aromatic carbocycles. The minimum absolute atomic E-state index is 0.377. The zero-order valence-electron chi connectivity index (χ0n) is 4.20. The number of aliphatic hydroxyl groups excluding tert-OH is 3. The Morgan fingerprint density at radius 2 is 1.86 bits per heavy atom. The maximum atomic E-state index is 8.44. The van der Waals surface area contributed by atoms with Crippen molar-refractivity contribution in [2.75, 3.05) is 6.61 Å². The first kappa shape index (κ1) is 6.88. The second-order valence-corrected chi connectivity index (χ2v) is 1.49. The van der Waals surface area contributed by atoms with Crippen LogP contribution in [0.2, 0.25) is 0 Å². The molecule has 44 valence electrons. The zero-order valence-corrected chi connectivity index (χ0v) is 4.20. The third-order valence-corrected chi connectivity index (χ3v) is 0.744. The Kier molecular flexibility index (Phi) is 2.91. The van der Waals surface area contributed by atoms with E-state index in [4.69, 9.17) is 15.3 Å². The highest BCUT2D eigenvalue weighted by Crippen LogP contribution is 1.87. The molecule has 0 aliphatic heterocycles. The van der Waals surface area contributed by atoms with E-state index in [0.717, 1.165) is 0 Å². The molecule has 0 heterocycles. The number of aliphatic hydroxyl groups is 3. The molecule has 3 nitrogen and oxygen atoms in total. The normalized spacial score (nSPS) is 18.9. The molecule has 0 amide bonds. The van der Waals surface area contributed by atoms with Crippen LogP contribution in [-0.2, 0) is 0 Å². The van der Waals surface area contributed by atoms with Crippen molar-refractivity contribution in [1.82, 2.24) is 0 Å². The van der Waals surface area contributed by atoms with Crippen molar-refractivity contribution < 1.29 is 15.3 Å². The molecule has 7 heavy (non-hydrogen) atoms. The summed E-state index contributed by atoms with van der Waals surface area (Å²) in [4.78, 5) is 0. The molecule has 0 saturated carbocycles. The summed E-state index contributed by atoms with van der Waals surface area (Å²) in [5.41, 5.74) is 0. The summed E-state index contributed by atoms with van der Waals surface area (Å²) in [6.45, 7) is 1.04. The Morgan fingerprint density at radius 1 is 1.43 bits per heavy atom. The molecule has 0 fully saturated rings. The summed E-state index contributed by atoms with van der Waals surface area (Å²) in [6.07, 6.45) is -1.81. The van der Waals surface area contributed by atoms with Gasteiger partial charge in [0.05, 0.1) is 12.7 Å². The zero-order chi connectivity index (χ0) is 5.86. The van der Waals surface area contributed by atoms with Gasteiger partial charge in [0, 0.05) is 0 Å². The van der Waals surface area contributed by atoms with E-state index in [2.05, 4.69) is 0 Å². The fourth-order valence-electron chi connectivity index (χ4n) is 0.153. The van der Waals surface area contributed by atoms with E-state index in [9.17, 15) is 0 Å². The highest BCUT2D eigenvalue weighted by atomic mass is 16.4. The van der Waals surface area contributed by atoms with Crippen LogP contribution in [0.1, 0.15) is 6.92 Å². The average molecular weight is 106 g/mol. The molecular formula is C4H10O3. The SMILES string of the molecule is CC(O)[C@@H](O)CO. The van der Waals surface area contributed by atoms with Gasteiger partial charge in [-0.15, -0.1) is 0 Å². The topological polar surface area (TPSA) is 60.7 Å². The van der Waals surface area contributed by atoms with Gasteiger partial charge in [-0.2, -0.15) is 0 Å². The van der Waals surface area contributed by atoms with Gasteiger partial charge in [-0.1, -0.05) is 0 Å². The summed E-state index contributed by atoms with van der Waals surface area (Å²) in [6, 6.07) is 0. The lowest BCUT2D eigenvalue weighted by Gasteiger charge is -2.07. The summed E-state index contributed by atoms with van der Waals surface area (Å²) in [5.74, 6) is 0. The summed E-state index contributed by atoms with van der Waals surface area (Å²) in [7, 11) is 0. The van der Waals surface area contributed by atoms with E-state index in [-0.39, 0.29) is 6.61 Å². The molecule has 0 spiro atoms. The molecule has 0 bridgehead atoms. The van der Waals surface area contributed by atoms with Crippen molar-refractivity contribution >= 4 is 0 Å². The largest absolute Gasteiger partial charge is 0.394 e. The number of rotatable bonds is 2. The Balaban J connectivity index is 3.14. The van der Waals surface area contributed by atoms with Crippen molar-refractivity contribution in [3.63, 3.8) is 0 Å². The van der Waals surface area contributed by atoms with E-state index in [1.54, 1.807) is 0 Å². The molecular weight excluding hydrogens is 96.0 g/mol. The highest BCUT2D eigenvalue weighted by molar-refractivity contribution is 4.57. The van der Waals surface area contributed by atoms with Gasteiger partial charge in [-0.05, 0) is 6.92 Å². The number of hydrogen-bond donors (Lipinski definition) is 3. The lowest BCUT2D eigenvalue weighted by Crippen LogP contribution is -2.25. The van der Waals surface area contributed by atoms with Crippen molar-refractivity contribution in [3.05, 3.63) is 0 Å². The molecule has 0 aliphatic rings. The molecule has 0 aromatic rings. The molecule has 2 atom stereocenters. The van der Waals surface area contributed by atoms with Crippen molar-refractivity contribution in [3.8, 4) is 0 Å². The number of hydrogen-bond acceptors (Lipinski definition) is 3. The Labute approximate surface area is 42.2 Å². The van der Waals surface area contributed by atoms with Crippen LogP contribution in [0.3, 0.4) is 0 Å². The van der Waals surface area contributed by atoms with Crippen molar-refractivity contribution in [2.45, 2.75) is 19.1 Å². The van der Waals surface area contributed by atoms with E-state index in [0.29, 0.717) is 0 Å². The maximum absolute atomic E-state index is 8.44. The molecule has 3 N–H and O–H groups in total. The highest BCUT2D eigenvalue weighted by Gasteiger charge is 2.06. The molecule has 3 heteroatoms. The van der Waals surface area contributed by atoms with Crippen molar-refractivity contribution in [2.24, 2.45) is 0 Å². The maximum Gasteiger partial charge on any atom is 0.103 e. The Morgan fingerprint density at radius 3 is 1.86 bits per heavy atom. The molecule has 0 aromatic heterocycles. The fourth-order valence-corrected chi connectivity index (χ4v) is 0.153. The second kappa shape index (κ2) is 2.96. The average Bonchev–Trinajstić information content (AvgIpc) is 1.65. The van der Waals surface area contributed by atoms with Crippen LogP contribution in [0.25, 0.3) is 0 Å². The predicted molar refractivity (Wildman–Crippen MR) is 24.8 cm³/mol. The quantitative estimate of drug-likeness (QED) is 0.411. The third kappa shape index (κ3) is 2.56. The molecule has 0 aliphatic carbocycles. The first-order chi connectivity index (χ1) is 3.18. The smallest absolute Gasteiger partial charge is 0.103 e. The second-order valence-electron chi connectivity index (χ2n) is 1.49. The van der Waals surface area contributed by atoms with Crippen LogP contribution in [0.5, 0.6) is 0 Å². The lowest BCUT2D eigenvalue weighted by atomic mass is 10.2. The van der Waals surface area contributed by atoms with E-state index in [1.807, 2.05) is 0 Å². The Bertz CT molecular complexity index is 44.2. The molecule has 0 rings (SSSR count). The Hall–Kier alpha value is -0.120. The molecule has 1 unspecified atom stereocenters. The minimum atomic E-state index is -0.986. The first-order valence-electron chi connectivity index (χ1n) is 2.15. The van der Waals surface area contributed by atoms with Gasteiger partial charge < -0.3 is 15.3 Å². The molecule has 0 saturated heterocycles. The monoisotopic (exact) mass is 106 g/mol. The van der Waals surface area contributed by atoms with Crippen LogP contribution >= 0.6 is 0 Å². The van der Waals surface area contributed by atoms with E-state index >= 15 is 0 Å². The van der Waals surface area contributed by atoms with Gasteiger partial charge in [0.1, 0.15) is 6.10 Å². The minimum Gasteiger partial charge on any atom is -0.394 e. The van der Waals surface area contributed by atoms with E-state index < -0.39 is 12.2 Å². The molecule has 0 radical (unpaired) electrons. The first-order valence-corrected chi connectivity index (χ1v) is 2.15. The van der Waals surface area contributed by atoms with E-state index in [1.165, 1.54) is 6.92 Å². The van der Waals surface area contributed by atoms with Gasteiger partial charge in [-0.3, -0.25) is 0 Å². The van der Waals surface area contributed by atoms with Crippen LogP contribution in [-0.4, -0.2) is 34.1 Å². The summed E-state index contributed by atoms with van der Waals surface area (Å²) in [5, 5.41) is 24.9. The van der Waals surface area contributed by atoms with Gasteiger partial charge in [0.2, 0.25) is 0 Å². The van der Waals surface area contributed by atoms with Gasteiger partial charge >= 0.3 is 0 Å². The van der Waals surface area contributed by atoms with Gasteiger partial charge in [0.25, 0.3) is 0 Å². The lowest BCUT2D eigenvalue weighted by molar-refractivity contribution is -0.00425. The standard InChI is InChI=1S/C4H10O3/c1-3(6)4(7)2-5/h3-7H,2H2,1H3/t3?,4-/m0/s1. The van der Waals surface area contributed by atoms with Gasteiger partial charge in [0.15, 0.2) is 0 Å². The van der Waals surface area contributed by atoms with Crippen LogP contribution in [0.4, 0.5) is 0 Å². The third-order valence-electron chi connectivity index (χ3n) is 0.744. The van der Waals surface area contributed by atoms with Crippen LogP contribution in [0.15, 0.2) is 0 Å². The predicted octanol–water partition coefficient (Wildman–Crippen LogP) is -1.28. The summed E-state index contributed by atoms with van der Waals surface area (Å²) >= 11 is 0.